The second-order valence-corrected chi connectivity index (χ2v) is 6.47. The van der Waals surface area contributed by atoms with E-state index in [4.69, 9.17) is 6.42 Å². The molecule has 124 valence electrons. The average molecular weight is 348 g/mol. The van der Waals surface area contributed by atoms with E-state index in [2.05, 4.69) is 10.3 Å². The van der Waals surface area contributed by atoms with Crippen LogP contribution in [0.4, 0.5) is 0 Å². The van der Waals surface area contributed by atoms with Gasteiger partial charge in [-0.25, -0.2) is 0 Å². The first-order chi connectivity index (χ1) is 12.1. The molecule has 5 heteroatoms. The highest BCUT2D eigenvalue weighted by molar-refractivity contribution is 7.08. The molecule has 0 aliphatic rings. The van der Waals surface area contributed by atoms with Gasteiger partial charge in [0, 0.05) is 24.2 Å². The van der Waals surface area contributed by atoms with Gasteiger partial charge in [-0.3, -0.25) is 9.59 Å². The molecule has 25 heavy (non-hydrogen) atoms. The van der Waals surface area contributed by atoms with Crippen molar-refractivity contribution in [2.75, 3.05) is 0 Å². The number of aromatic nitrogens is 2. The Hall–Kier alpha value is -2.97. The van der Waals surface area contributed by atoms with Crippen LogP contribution in [0.5, 0.6) is 0 Å². The van der Waals surface area contributed by atoms with Crippen molar-refractivity contribution in [1.82, 2.24) is 8.94 Å². The molecule has 3 aromatic rings. The summed E-state index contributed by atoms with van der Waals surface area (Å²) in [6, 6.07) is 12.9. The van der Waals surface area contributed by atoms with Gasteiger partial charge in [0.25, 0.3) is 5.56 Å². The van der Waals surface area contributed by atoms with Gasteiger partial charge in [0.2, 0.25) is 0 Å². The average Bonchev–Trinajstić information content (AvgIpc) is 2.98. The molecule has 2 aromatic heterocycles. The van der Waals surface area contributed by atoms with Gasteiger partial charge < -0.3 is 4.57 Å². The van der Waals surface area contributed by atoms with E-state index >= 15 is 0 Å². The number of carbonyl (C=O) groups is 1. The fourth-order valence-corrected chi connectivity index (χ4v) is 3.37. The summed E-state index contributed by atoms with van der Waals surface area (Å²) in [5, 5.41) is 0. The standard InChI is InChI=1S/C20H16N2O2S/c1-3-15-9-10-19(24)22(12-15)13-18(23)20-14(2)17(21-25-20)11-16-7-5-4-6-8-16/h1,4-10,12H,11,13H2,2H3. The van der Waals surface area contributed by atoms with E-state index in [0.29, 0.717) is 16.9 Å². The molecule has 0 bridgehead atoms. The van der Waals surface area contributed by atoms with Crippen LogP contribution in [0, 0.1) is 19.3 Å². The molecule has 0 aliphatic heterocycles. The maximum absolute atomic E-state index is 12.6. The van der Waals surface area contributed by atoms with Crippen LogP contribution in [0.2, 0.25) is 0 Å². The molecule has 0 unspecified atom stereocenters. The SMILES string of the molecule is C#Cc1ccc(=O)n(CC(=O)c2snc(Cc3ccccc3)c2C)c1. The zero-order chi connectivity index (χ0) is 17.8. The maximum atomic E-state index is 12.6. The highest BCUT2D eigenvalue weighted by Gasteiger charge is 2.17. The number of rotatable bonds is 5. The first-order valence-electron chi connectivity index (χ1n) is 7.78. The molecule has 0 atom stereocenters. The predicted octanol–water partition coefficient (Wildman–Crippen LogP) is 3.07. The Labute approximate surface area is 149 Å². The summed E-state index contributed by atoms with van der Waals surface area (Å²) >= 11 is 1.18. The summed E-state index contributed by atoms with van der Waals surface area (Å²) in [4.78, 5) is 25.1. The third kappa shape index (κ3) is 3.76. The molecular formula is C20H16N2O2S. The largest absolute Gasteiger partial charge is 0.306 e. The quantitative estimate of drug-likeness (QED) is 0.526. The van der Waals surface area contributed by atoms with Gasteiger partial charge in [-0.15, -0.1) is 6.42 Å². The molecule has 0 fully saturated rings. The lowest BCUT2D eigenvalue weighted by atomic mass is 10.1. The minimum atomic E-state index is -0.251. The van der Waals surface area contributed by atoms with Crippen LogP contribution in [0.3, 0.4) is 0 Å². The third-order valence-corrected chi connectivity index (χ3v) is 4.98. The van der Waals surface area contributed by atoms with Crippen molar-refractivity contribution in [3.05, 3.63) is 86.3 Å². The summed E-state index contributed by atoms with van der Waals surface area (Å²) < 4.78 is 5.77. The van der Waals surface area contributed by atoms with Crippen LogP contribution < -0.4 is 5.56 Å². The Bertz CT molecular complexity index is 1010. The number of carbonyl (C=O) groups excluding carboxylic acids is 1. The lowest BCUT2D eigenvalue weighted by Crippen LogP contribution is -2.23. The van der Waals surface area contributed by atoms with Crippen LogP contribution in [0.25, 0.3) is 0 Å². The maximum Gasteiger partial charge on any atom is 0.251 e. The van der Waals surface area contributed by atoms with Gasteiger partial charge in [-0.2, -0.15) is 4.37 Å². The Morgan fingerprint density at radius 2 is 2.00 bits per heavy atom. The van der Waals surface area contributed by atoms with Crippen molar-refractivity contribution in [1.29, 1.82) is 0 Å². The van der Waals surface area contributed by atoms with Crippen molar-refractivity contribution in [2.45, 2.75) is 19.9 Å². The zero-order valence-electron chi connectivity index (χ0n) is 13.7. The van der Waals surface area contributed by atoms with Gasteiger partial charge in [-0.1, -0.05) is 36.3 Å². The van der Waals surface area contributed by atoms with Crippen molar-refractivity contribution >= 4 is 17.3 Å². The number of ketones is 1. The smallest absolute Gasteiger partial charge is 0.251 e. The number of pyridine rings is 1. The molecular weight excluding hydrogens is 332 g/mol. The molecule has 0 N–H and O–H groups in total. The zero-order valence-corrected chi connectivity index (χ0v) is 14.5. The first kappa shape index (κ1) is 16.9. The Morgan fingerprint density at radius 3 is 2.72 bits per heavy atom. The lowest BCUT2D eigenvalue weighted by Gasteiger charge is -2.05. The Morgan fingerprint density at radius 1 is 1.24 bits per heavy atom. The first-order valence-corrected chi connectivity index (χ1v) is 8.55. The number of nitrogens with zero attached hydrogens (tertiary/aromatic N) is 2. The van der Waals surface area contributed by atoms with E-state index in [0.717, 1.165) is 16.8 Å². The van der Waals surface area contributed by atoms with Crippen molar-refractivity contribution in [2.24, 2.45) is 0 Å². The van der Waals surface area contributed by atoms with E-state index in [1.165, 1.54) is 28.4 Å². The van der Waals surface area contributed by atoms with Crippen molar-refractivity contribution in [3.8, 4) is 12.3 Å². The number of terminal acetylenes is 1. The summed E-state index contributed by atoms with van der Waals surface area (Å²) in [7, 11) is 0. The van der Waals surface area contributed by atoms with E-state index in [-0.39, 0.29) is 17.9 Å². The molecule has 1 aromatic carbocycles. The summed E-state index contributed by atoms with van der Waals surface area (Å²) in [6.45, 7) is 1.86. The molecule has 0 saturated heterocycles. The van der Waals surface area contributed by atoms with Gasteiger partial charge in [0.05, 0.1) is 17.1 Å². The predicted molar refractivity (Wildman–Crippen MR) is 99.1 cm³/mol. The molecule has 0 saturated carbocycles. The molecule has 4 nitrogen and oxygen atoms in total. The highest BCUT2D eigenvalue weighted by atomic mass is 32.1. The molecule has 0 spiro atoms. The summed E-state index contributed by atoms with van der Waals surface area (Å²) in [5.41, 5.74) is 3.23. The van der Waals surface area contributed by atoms with E-state index in [1.807, 2.05) is 37.3 Å². The molecule has 0 radical (unpaired) electrons. The van der Waals surface area contributed by atoms with Crippen molar-refractivity contribution < 1.29 is 4.79 Å². The van der Waals surface area contributed by atoms with Crippen LogP contribution >= 0.6 is 11.5 Å². The second kappa shape index (κ2) is 7.29. The number of benzene rings is 1. The Kier molecular flexibility index (Phi) is 4.92. The summed E-state index contributed by atoms with van der Waals surface area (Å²) in [5.74, 6) is 2.34. The van der Waals surface area contributed by atoms with Gasteiger partial charge in [0.15, 0.2) is 5.78 Å². The highest BCUT2D eigenvalue weighted by Crippen LogP contribution is 2.21. The second-order valence-electron chi connectivity index (χ2n) is 5.70. The van der Waals surface area contributed by atoms with E-state index in [1.54, 1.807) is 6.07 Å². The van der Waals surface area contributed by atoms with Gasteiger partial charge >= 0.3 is 0 Å². The van der Waals surface area contributed by atoms with Crippen LogP contribution in [0.15, 0.2) is 53.5 Å². The Balaban J connectivity index is 1.82. The monoisotopic (exact) mass is 348 g/mol. The van der Waals surface area contributed by atoms with Crippen LogP contribution in [0.1, 0.15) is 32.1 Å². The van der Waals surface area contributed by atoms with Gasteiger partial charge in [0.1, 0.15) is 0 Å². The fourth-order valence-electron chi connectivity index (χ4n) is 2.55. The van der Waals surface area contributed by atoms with E-state index in [9.17, 15) is 9.59 Å². The van der Waals surface area contributed by atoms with E-state index < -0.39 is 0 Å². The van der Waals surface area contributed by atoms with Crippen molar-refractivity contribution in [3.63, 3.8) is 0 Å². The number of Topliss-reactive ketones (excluding diaryl/α,β-unsaturated/α-hetero) is 1. The van der Waals surface area contributed by atoms with Crippen LogP contribution in [-0.2, 0) is 13.0 Å². The van der Waals surface area contributed by atoms with Gasteiger partial charge in [-0.05, 0) is 35.6 Å². The van der Waals surface area contributed by atoms with Crippen LogP contribution in [-0.4, -0.2) is 14.7 Å². The minimum absolute atomic E-state index is 0.0395. The topological polar surface area (TPSA) is 52.0 Å². The number of hydrogen-bond acceptors (Lipinski definition) is 4. The fraction of sp³-hybridized carbons (Fsp3) is 0.150. The molecule has 2 heterocycles. The summed E-state index contributed by atoms with van der Waals surface area (Å²) in [6.07, 6.45) is 7.57. The molecule has 3 rings (SSSR count). The lowest BCUT2D eigenvalue weighted by molar-refractivity contribution is 0.0974. The number of hydrogen-bond donors (Lipinski definition) is 0. The normalized spacial score (nSPS) is 10.4. The minimum Gasteiger partial charge on any atom is -0.306 e. The molecule has 0 amide bonds. The molecule has 0 aliphatic carbocycles. The third-order valence-electron chi connectivity index (χ3n) is 3.95.